The van der Waals surface area contributed by atoms with Crippen molar-refractivity contribution in [1.82, 2.24) is 0 Å². The highest BCUT2D eigenvalue weighted by Crippen LogP contribution is 2.18. The first-order valence-electron chi connectivity index (χ1n) is 6.33. The zero-order chi connectivity index (χ0) is 14.7. The van der Waals surface area contributed by atoms with Gasteiger partial charge in [0.1, 0.15) is 5.82 Å². The van der Waals surface area contributed by atoms with Gasteiger partial charge in [0.05, 0.1) is 11.7 Å². The minimum atomic E-state index is -0.622. The number of aryl methyl sites for hydroxylation is 1. The van der Waals surface area contributed by atoms with Gasteiger partial charge in [0.15, 0.2) is 0 Å². The van der Waals surface area contributed by atoms with Crippen molar-refractivity contribution in [2.45, 2.75) is 20.0 Å². The van der Waals surface area contributed by atoms with Crippen LogP contribution in [-0.4, -0.2) is 11.0 Å². The van der Waals surface area contributed by atoms with E-state index in [1.165, 1.54) is 12.1 Å². The quantitative estimate of drug-likeness (QED) is 0.900. The molecule has 1 amide bonds. The summed E-state index contributed by atoms with van der Waals surface area (Å²) >= 11 is 0. The molecule has 2 N–H and O–H groups in total. The Morgan fingerprint density at radius 3 is 2.65 bits per heavy atom. The molecule has 0 fully saturated rings. The van der Waals surface area contributed by atoms with E-state index < -0.39 is 17.8 Å². The molecule has 20 heavy (non-hydrogen) atoms. The molecule has 0 aliphatic rings. The normalized spacial score (nSPS) is 12.0. The molecule has 0 radical (unpaired) electrons. The number of carbonyl (C=O) groups excluding carboxylic acids is 1. The van der Waals surface area contributed by atoms with Crippen LogP contribution in [0.2, 0.25) is 0 Å². The van der Waals surface area contributed by atoms with Gasteiger partial charge in [-0.25, -0.2) is 4.39 Å². The number of hydrogen-bond acceptors (Lipinski definition) is 2. The fraction of sp³-hybridized carbons (Fsp3) is 0.188. The Balaban J connectivity index is 2.21. The molecule has 0 heterocycles. The number of nitrogens with one attached hydrogen (secondary N) is 1. The van der Waals surface area contributed by atoms with Gasteiger partial charge in [-0.1, -0.05) is 18.2 Å². The van der Waals surface area contributed by atoms with Crippen LogP contribution in [-0.2, 0) is 0 Å². The van der Waals surface area contributed by atoms with Crippen molar-refractivity contribution < 1.29 is 14.3 Å². The van der Waals surface area contributed by atoms with Crippen molar-refractivity contribution in [3.05, 3.63) is 65.0 Å². The average Bonchev–Trinajstić information content (AvgIpc) is 2.38. The zero-order valence-electron chi connectivity index (χ0n) is 11.4. The molecule has 0 aliphatic heterocycles. The van der Waals surface area contributed by atoms with Gasteiger partial charge >= 0.3 is 0 Å². The van der Waals surface area contributed by atoms with E-state index in [4.69, 9.17) is 0 Å². The lowest BCUT2D eigenvalue weighted by Gasteiger charge is -2.09. The molecule has 2 rings (SSSR count). The molecule has 4 heteroatoms. The molecule has 1 unspecified atom stereocenters. The number of rotatable bonds is 3. The molecular weight excluding hydrogens is 257 g/mol. The fourth-order valence-electron chi connectivity index (χ4n) is 1.88. The molecule has 0 aromatic heterocycles. The number of aliphatic hydroxyl groups is 1. The third-order valence-electron chi connectivity index (χ3n) is 3.00. The van der Waals surface area contributed by atoms with Crippen LogP contribution in [0.4, 0.5) is 10.1 Å². The summed E-state index contributed by atoms with van der Waals surface area (Å²) in [6.07, 6.45) is -0.622. The first-order chi connectivity index (χ1) is 9.47. The number of halogens is 1. The van der Waals surface area contributed by atoms with E-state index in [9.17, 15) is 14.3 Å². The van der Waals surface area contributed by atoms with Crippen LogP contribution in [0.5, 0.6) is 0 Å². The minimum Gasteiger partial charge on any atom is -0.389 e. The highest BCUT2D eigenvalue weighted by Gasteiger charge is 2.12. The molecule has 2 aromatic carbocycles. The van der Waals surface area contributed by atoms with Gasteiger partial charge in [-0.15, -0.1) is 0 Å². The van der Waals surface area contributed by atoms with Crippen molar-refractivity contribution >= 4 is 11.6 Å². The van der Waals surface area contributed by atoms with E-state index in [1.54, 1.807) is 44.2 Å². The van der Waals surface area contributed by atoms with Gasteiger partial charge < -0.3 is 10.4 Å². The van der Waals surface area contributed by atoms with Gasteiger partial charge in [-0.3, -0.25) is 4.79 Å². The van der Waals surface area contributed by atoms with Crippen LogP contribution >= 0.6 is 0 Å². The van der Waals surface area contributed by atoms with E-state index >= 15 is 0 Å². The van der Waals surface area contributed by atoms with Crippen LogP contribution in [0, 0.1) is 12.7 Å². The summed E-state index contributed by atoms with van der Waals surface area (Å²) in [4.78, 5) is 12.0. The lowest BCUT2D eigenvalue weighted by Crippen LogP contribution is -2.14. The molecular formula is C16H16FNO2. The second-order valence-corrected chi connectivity index (χ2v) is 4.74. The van der Waals surface area contributed by atoms with Gasteiger partial charge in [0.25, 0.3) is 5.91 Å². The largest absolute Gasteiger partial charge is 0.389 e. The number of benzene rings is 2. The van der Waals surface area contributed by atoms with Crippen LogP contribution in [0.15, 0.2) is 42.5 Å². The summed E-state index contributed by atoms with van der Waals surface area (Å²) in [5, 5.41) is 12.1. The summed E-state index contributed by atoms with van der Waals surface area (Å²) < 4.78 is 13.7. The molecule has 0 spiro atoms. The Morgan fingerprint density at radius 1 is 1.25 bits per heavy atom. The van der Waals surface area contributed by atoms with E-state index in [0.717, 1.165) is 5.56 Å². The molecule has 3 nitrogen and oxygen atoms in total. The Hall–Kier alpha value is -2.20. The van der Waals surface area contributed by atoms with Gasteiger partial charge in [0.2, 0.25) is 0 Å². The molecule has 0 saturated carbocycles. The monoisotopic (exact) mass is 273 g/mol. The molecule has 0 aliphatic carbocycles. The number of aliphatic hydroxyl groups excluding tert-OH is 1. The maximum atomic E-state index is 13.7. The third-order valence-corrected chi connectivity index (χ3v) is 3.00. The smallest absolute Gasteiger partial charge is 0.258 e. The van der Waals surface area contributed by atoms with E-state index in [2.05, 4.69) is 5.32 Å². The second kappa shape index (κ2) is 5.84. The van der Waals surface area contributed by atoms with E-state index in [1.807, 2.05) is 0 Å². The summed E-state index contributed by atoms with van der Waals surface area (Å²) in [6.45, 7) is 3.40. The van der Waals surface area contributed by atoms with Crippen molar-refractivity contribution in [3.63, 3.8) is 0 Å². The Kier molecular flexibility index (Phi) is 4.15. The van der Waals surface area contributed by atoms with Gasteiger partial charge in [-0.05, 0) is 49.2 Å². The third kappa shape index (κ3) is 3.22. The Labute approximate surface area is 117 Å². The Morgan fingerprint density at radius 2 is 2.00 bits per heavy atom. The van der Waals surface area contributed by atoms with Crippen molar-refractivity contribution in [3.8, 4) is 0 Å². The SMILES string of the molecule is Cc1ccc(C(=O)Nc2cccc(C(C)O)c2)c(F)c1. The van der Waals surface area contributed by atoms with Crippen LogP contribution in [0.3, 0.4) is 0 Å². The molecule has 0 saturated heterocycles. The standard InChI is InChI=1S/C16H16FNO2/c1-10-6-7-14(15(17)8-10)16(20)18-13-5-3-4-12(9-13)11(2)19/h3-9,11,19H,1-2H3,(H,18,20). The predicted molar refractivity (Wildman–Crippen MR) is 76.2 cm³/mol. The van der Waals surface area contributed by atoms with E-state index in [-0.39, 0.29) is 5.56 Å². The summed E-state index contributed by atoms with van der Waals surface area (Å²) in [5.74, 6) is -1.06. The highest BCUT2D eigenvalue weighted by atomic mass is 19.1. The van der Waals surface area contributed by atoms with E-state index in [0.29, 0.717) is 11.3 Å². The Bertz CT molecular complexity index is 638. The van der Waals surface area contributed by atoms with Crippen molar-refractivity contribution in [2.75, 3.05) is 5.32 Å². The lowest BCUT2D eigenvalue weighted by molar-refractivity contribution is 0.102. The number of carbonyl (C=O) groups is 1. The number of anilines is 1. The topological polar surface area (TPSA) is 49.3 Å². The highest BCUT2D eigenvalue weighted by molar-refractivity contribution is 6.04. The second-order valence-electron chi connectivity index (χ2n) is 4.74. The number of amides is 1. The maximum absolute atomic E-state index is 13.7. The summed E-state index contributed by atoms with van der Waals surface area (Å²) in [5.41, 5.74) is 1.97. The maximum Gasteiger partial charge on any atom is 0.258 e. The number of hydrogen-bond donors (Lipinski definition) is 2. The van der Waals surface area contributed by atoms with Gasteiger partial charge in [-0.2, -0.15) is 0 Å². The van der Waals surface area contributed by atoms with Crippen LogP contribution < -0.4 is 5.32 Å². The summed E-state index contributed by atoms with van der Waals surface area (Å²) in [6, 6.07) is 11.3. The lowest BCUT2D eigenvalue weighted by atomic mass is 10.1. The molecule has 2 aromatic rings. The van der Waals surface area contributed by atoms with Gasteiger partial charge in [0, 0.05) is 5.69 Å². The molecule has 0 bridgehead atoms. The van der Waals surface area contributed by atoms with Crippen LogP contribution in [0.1, 0.15) is 34.5 Å². The summed E-state index contributed by atoms with van der Waals surface area (Å²) in [7, 11) is 0. The zero-order valence-corrected chi connectivity index (χ0v) is 11.4. The predicted octanol–water partition coefficient (Wildman–Crippen LogP) is 3.44. The average molecular weight is 273 g/mol. The first-order valence-corrected chi connectivity index (χ1v) is 6.33. The fourth-order valence-corrected chi connectivity index (χ4v) is 1.88. The van der Waals surface area contributed by atoms with Crippen LogP contribution in [0.25, 0.3) is 0 Å². The molecule has 1 atom stereocenters. The van der Waals surface area contributed by atoms with Crippen molar-refractivity contribution in [1.29, 1.82) is 0 Å². The molecule has 104 valence electrons. The van der Waals surface area contributed by atoms with Crippen molar-refractivity contribution in [2.24, 2.45) is 0 Å². The first kappa shape index (κ1) is 14.2. The minimum absolute atomic E-state index is 0.00181.